The van der Waals surface area contributed by atoms with Gasteiger partial charge in [0.2, 0.25) is 0 Å². The fourth-order valence-electron chi connectivity index (χ4n) is 3.67. The van der Waals surface area contributed by atoms with Crippen LogP contribution in [0.5, 0.6) is 17.2 Å². The Hall–Kier alpha value is -3.37. The molecule has 0 N–H and O–H groups in total. The summed E-state index contributed by atoms with van der Waals surface area (Å²) in [5.41, 5.74) is 5.28. The lowest BCUT2D eigenvalue weighted by atomic mass is 9.99. The van der Waals surface area contributed by atoms with E-state index in [1.807, 2.05) is 56.3 Å². The first kappa shape index (κ1) is 21.8. The second-order valence-electron chi connectivity index (χ2n) is 7.22. The van der Waals surface area contributed by atoms with Crippen LogP contribution in [0.3, 0.4) is 0 Å². The number of hydrogen-bond donors (Lipinski definition) is 0. The van der Waals surface area contributed by atoms with Crippen LogP contribution in [-0.4, -0.2) is 24.9 Å². The molecule has 0 unspecified atom stereocenters. The summed E-state index contributed by atoms with van der Waals surface area (Å²) < 4.78 is 18.6. The van der Waals surface area contributed by atoms with Gasteiger partial charge in [-0.2, -0.15) is 0 Å². The minimum Gasteiger partial charge on any atom is -0.497 e. The average Bonchev–Trinajstić information content (AvgIpc) is 3.25. The van der Waals surface area contributed by atoms with Crippen molar-refractivity contribution in [3.05, 3.63) is 84.1 Å². The van der Waals surface area contributed by atoms with E-state index in [4.69, 9.17) is 25.8 Å². The Kier molecular flexibility index (Phi) is 6.72. The van der Waals surface area contributed by atoms with Gasteiger partial charge >= 0.3 is 0 Å². The van der Waals surface area contributed by atoms with Crippen LogP contribution in [0.4, 0.5) is 0 Å². The quantitative estimate of drug-likeness (QED) is 0.284. The van der Waals surface area contributed by atoms with Crippen molar-refractivity contribution in [2.45, 2.75) is 13.8 Å². The summed E-state index contributed by atoms with van der Waals surface area (Å²) in [4.78, 5) is 0. The monoisotopic (exact) mass is 447 g/mol. The number of benzene rings is 3. The van der Waals surface area contributed by atoms with Crippen LogP contribution in [-0.2, 0) is 0 Å². The molecule has 164 valence electrons. The molecule has 0 aliphatic rings. The number of rotatable bonds is 8. The van der Waals surface area contributed by atoms with Gasteiger partial charge in [0, 0.05) is 29.6 Å². The number of ether oxygens (including phenoxy) is 3. The standard InChI is InChI=1S/C27H26ClNO3/c1-4-31-21-10-6-19(7-11-21)24-17-29(27-15-14-23(30-3)16-26(27)28)18-25(24)20-8-12-22(13-9-20)32-5-2/h6-18H,4-5H2,1-3H3. The van der Waals surface area contributed by atoms with Crippen LogP contribution in [0.25, 0.3) is 27.9 Å². The van der Waals surface area contributed by atoms with Crippen molar-refractivity contribution in [1.29, 1.82) is 0 Å². The summed E-state index contributed by atoms with van der Waals surface area (Å²) in [6.07, 6.45) is 4.21. The Morgan fingerprint density at radius 1 is 0.688 bits per heavy atom. The number of hydrogen-bond acceptors (Lipinski definition) is 3. The summed E-state index contributed by atoms with van der Waals surface area (Å²) >= 11 is 6.57. The van der Waals surface area contributed by atoms with E-state index in [0.29, 0.717) is 18.2 Å². The highest BCUT2D eigenvalue weighted by Crippen LogP contribution is 2.37. The number of halogens is 1. The molecule has 0 radical (unpaired) electrons. The molecule has 0 spiro atoms. The molecule has 0 saturated heterocycles. The average molecular weight is 448 g/mol. The van der Waals surface area contributed by atoms with Gasteiger partial charge in [0.1, 0.15) is 17.2 Å². The second-order valence-corrected chi connectivity index (χ2v) is 7.63. The maximum Gasteiger partial charge on any atom is 0.120 e. The van der Waals surface area contributed by atoms with Crippen molar-refractivity contribution in [2.24, 2.45) is 0 Å². The minimum atomic E-state index is 0.621. The molecule has 32 heavy (non-hydrogen) atoms. The maximum absolute atomic E-state index is 6.57. The number of aromatic nitrogens is 1. The lowest BCUT2D eigenvalue weighted by Crippen LogP contribution is -1.92. The fourth-order valence-corrected chi connectivity index (χ4v) is 3.94. The highest BCUT2D eigenvalue weighted by atomic mass is 35.5. The van der Waals surface area contributed by atoms with E-state index in [9.17, 15) is 0 Å². The molecule has 0 aliphatic heterocycles. The summed E-state index contributed by atoms with van der Waals surface area (Å²) in [5.74, 6) is 2.44. The fraction of sp³-hybridized carbons (Fsp3) is 0.185. The summed E-state index contributed by atoms with van der Waals surface area (Å²) in [7, 11) is 1.63. The molecule has 3 aromatic carbocycles. The van der Waals surface area contributed by atoms with Crippen LogP contribution < -0.4 is 14.2 Å². The van der Waals surface area contributed by atoms with E-state index in [-0.39, 0.29) is 0 Å². The van der Waals surface area contributed by atoms with E-state index in [0.717, 1.165) is 45.2 Å². The molecule has 0 fully saturated rings. The summed E-state index contributed by atoms with van der Waals surface area (Å²) in [6.45, 7) is 5.25. The van der Waals surface area contributed by atoms with Crippen molar-refractivity contribution < 1.29 is 14.2 Å². The zero-order chi connectivity index (χ0) is 22.5. The first-order valence-electron chi connectivity index (χ1n) is 10.6. The Labute approximate surface area is 193 Å². The van der Waals surface area contributed by atoms with Gasteiger partial charge in [0.25, 0.3) is 0 Å². The third kappa shape index (κ3) is 4.61. The molecule has 1 heterocycles. The molecule has 4 nitrogen and oxygen atoms in total. The molecule has 4 rings (SSSR count). The Morgan fingerprint density at radius 3 is 1.56 bits per heavy atom. The first-order chi connectivity index (χ1) is 15.6. The first-order valence-corrected chi connectivity index (χ1v) is 11.0. The number of methoxy groups -OCH3 is 1. The second kappa shape index (κ2) is 9.84. The van der Waals surface area contributed by atoms with Gasteiger partial charge in [-0.05, 0) is 61.4 Å². The zero-order valence-electron chi connectivity index (χ0n) is 18.5. The molecule has 0 aliphatic carbocycles. The summed E-state index contributed by atoms with van der Waals surface area (Å²) in [5, 5.41) is 0.621. The van der Waals surface area contributed by atoms with Crippen molar-refractivity contribution in [3.63, 3.8) is 0 Å². The van der Waals surface area contributed by atoms with Gasteiger partial charge in [-0.25, -0.2) is 0 Å². The largest absolute Gasteiger partial charge is 0.497 e. The Morgan fingerprint density at radius 2 is 1.16 bits per heavy atom. The predicted octanol–water partition coefficient (Wildman–Crippen LogP) is 7.27. The molecule has 5 heteroatoms. The molecular formula is C27H26ClNO3. The lowest BCUT2D eigenvalue weighted by Gasteiger charge is -2.08. The van der Waals surface area contributed by atoms with Crippen LogP contribution in [0.1, 0.15) is 13.8 Å². The maximum atomic E-state index is 6.57. The van der Waals surface area contributed by atoms with Crippen molar-refractivity contribution >= 4 is 11.6 Å². The zero-order valence-corrected chi connectivity index (χ0v) is 19.2. The predicted molar refractivity (Wildman–Crippen MR) is 131 cm³/mol. The lowest BCUT2D eigenvalue weighted by molar-refractivity contribution is 0.340. The van der Waals surface area contributed by atoms with Gasteiger partial charge in [-0.15, -0.1) is 0 Å². The highest BCUT2D eigenvalue weighted by Gasteiger charge is 2.14. The minimum absolute atomic E-state index is 0.621. The van der Waals surface area contributed by atoms with Crippen molar-refractivity contribution in [2.75, 3.05) is 20.3 Å². The molecular weight excluding hydrogens is 422 g/mol. The van der Waals surface area contributed by atoms with Crippen LogP contribution >= 0.6 is 11.6 Å². The normalized spacial score (nSPS) is 10.8. The van der Waals surface area contributed by atoms with E-state index in [1.165, 1.54) is 0 Å². The smallest absolute Gasteiger partial charge is 0.120 e. The third-order valence-electron chi connectivity index (χ3n) is 5.21. The van der Waals surface area contributed by atoms with Gasteiger partial charge in [-0.1, -0.05) is 35.9 Å². The van der Waals surface area contributed by atoms with Gasteiger partial charge < -0.3 is 18.8 Å². The van der Waals surface area contributed by atoms with Gasteiger partial charge in [-0.3, -0.25) is 0 Å². The van der Waals surface area contributed by atoms with Crippen molar-refractivity contribution in [3.8, 4) is 45.2 Å². The third-order valence-corrected chi connectivity index (χ3v) is 5.51. The topological polar surface area (TPSA) is 32.6 Å². The number of nitrogens with zero attached hydrogens (tertiary/aromatic N) is 1. The van der Waals surface area contributed by atoms with Crippen LogP contribution in [0.2, 0.25) is 5.02 Å². The highest BCUT2D eigenvalue weighted by molar-refractivity contribution is 6.32. The van der Waals surface area contributed by atoms with Gasteiger partial charge in [0.05, 0.1) is 31.0 Å². The van der Waals surface area contributed by atoms with E-state index in [2.05, 4.69) is 41.2 Å². The molecule has 4 aromatic rings. The molecule has 0 amide bonds. The Bertz CT molecular complexity index is 1110. The van der Waals surface area contributed by atoms with Crippen LogP contribution in [0, 0.1) is 0 Å². The van der Waals surface area contributed by atoms with E-state index >= 15 is 0 Å². The molecule has 0 atom stereocenters. The molecule has 0 saturated carbocycles. The molecule has 1 aromatic heterocycles. The SMILES string of the molecule is CCOc1ccc(-c2cn(-c3ccc(OC)cc3Cl)cc2-c2ccc(OCC)cc2)cc1. The van der Waals surface area contributed by atoms with E-state index < -0.39 is 0 Å². The van der Waals surface area contributed by atoms with E-state index in [1.54, 1.807) is 7.11 Å². The molecule has 0 bridgehead atoms. The van der Waals surface area contributed by atoms with Crippen molar-refractivity contribution in [1.82, 2.24) is 4.57 Å². The van der Waals surface area contributed by atoms with Gasteiger partial charge in [0.15, 0.2) is 0 Å². The summed E-state index contributed by atoms with van der Waals surface area (Å²) in [6, 6.07) is 22.0. The Balaban J connectivity index is 1.81. The van der Waals surface area contributed by atoms with Crippen LogP contribution in [0.15, 0.2) is 79.1 Å².